The van der Waals surface area contributed by atoms with Crippen LogP contribution in [0, 0.1) is 20.8 Å². The Balaban J connectivity index is 1.64. The lowest BCUT2D eigenvalue weighted by Gasteiger charge is -2.41. The molecule has 1 nitrogen and oxygen atoms in total. The molecular formula is C39H32BN. The van der Waals surface area contributed by atoms with Crippen LogP contribution in [0.5, 0.6) is 0 Å². The molecule has 0 N–H and O–H groups in total. The van der Waals surface area contributed by atoms with Gasteiger partial charge in [0.25, 0.3) is 0 Å². The van der Waals surface area contributed by atoms with Gasteiger partial charge in [0, 0.05) is 16.9 Å². The summed E-state index contributed by atoms with van der Waals surface area (Å²) in [5.74, 6) is 0. The molecule has 2 heteroatoms. The Bertz CT molecular complexity index is 1870. The van der Waals surface area contributed by atoms with Gasteiger partial charge in [-0.25, -0.2) is 0 Å². The first-order valence-electron chi connectivity index (χ1n) is 14.4. The van der Waals surface area contributed by atoms with Crippen molar-refractivity contribution >= 4 is 29.1 Å². The van der Waals surface area contributed by atoms with Crippen LogP contribution >= 0.6 is 0 Å². The second kappa shape index (κ2) is 10.3. The second-order valence-corrected chi connectivity index (χ2v) is 11.0. The number of hydrogen-bond donors (Lipinski definition) is 0. The van der Waals surface area contributed by atoms with Crippen molar-refractivity contribution in [3.8, 4) is 33.4 Å². The predicted octanol–water partition coefficient (Wildman–Crippen LogP) is 8.87. The molecule has 0 saturated heterocycles. The van der Waals surface area contributed by atoms with Crippen LogP contribution in [0.1, 0.15) is 16.7 Å². The van der Waals surface area contributed by atoms with Crippen molar-refractivity contribution in [3.63, 3.8) is 0 Å². The third kappa shape index (κ3) is 4.19. The Morgan fingerprint density at radius 3 is 1.78 bits per heavy atom. The molecule has 7 rings (SSSR count). The van der Waals surface area contributed by atoms with E-state index in [0.29, 0.717) is 0 Å². The quantitative estimate of drug-likeness (QED) is 0.208. The summed E-state index contributed by atoms with van der Waals surface area (Å²) in [5.41, 5.74) is 16.8. The van der Waals surface area contributed by atoms with E-state index in [1.54, 1.807) is 0 Å². The van der Waals surface area contributed by atoms with Gasteiger partial charge >= 0.3 is 6.85 Å². The molecule has 1 heterocycles. The van der Waals surface area contributed by atoms with Gasteiger partial charge in [0.15, 0.2) is 0 Å². The van der Waals surface area contributed by atoms with Crippen LogP contribution in [0.3, 0.4) is 0 Å². The van der Waals surface area contributed by atoms with E-state index in [1.807, 2.05) is 0 Å². The molecule has 0 atom stereocenters. The fraction of sp³-hybridized carbons (Fsp3) is 0.0769. The zero-order chi connectivity index (χ0) is 27.9. The zero-order valence-electron chi connectivity index (χ0n) is 23.8. The van der Waals surface area contributed by atoms with Gasteiger partial charge in [-0.2, -0.15) is 0 Å². The summed E-state index contributed by atoms with van der Waals surface area (Å²) in [6.07, 6.45) is 0. The van der Waals surface area contributed by atoms with E-state index in [1.165, 1.54) is 72.4 Å². The predicted molar refractivity (Wildman–Crippen MR) is 177 cm³/mol. The number of benzene rings is 6. The minimum atomic E-state index is 0.0242. The van der Waals surface area contributed by atoms with Gasteiger partial charge in [-0.1, -0.05) is 121 Å². The van der Waals surface area contributed by atoms with E-state index in [9.17, 15) is 0 Å². The van der Waals surface area contributed by atoms with E-state index in [2.05, 4.69) is 165 Å². The SMILES string of the molecule is Cc1ccccc1B1c2c(cc(-c3ccccc3)c(-c3ccccc3C)c2C)-c2ccccc2N1c1ccccc1. The number of nitrogens with zero attached hydrogens (tertiary/aromatic N) is 1. The number of anilines is 2. The molecule has 1 aliphatic heterocycles. The van der Waals surface area contributed by atoms with Crippen molar-refractivity contribution in [1.82, 2.24) is 0 Å². The van der Waals surface area contributed by atoms with Crippen molar-refractivity contribution in [1.29, 1.82) is 0 Å². The number of aryl methyl sites for hydroxylation is 2. The average molecular weight is 526 g/mol. The van der Waals surface area contributed by atoms with E-state index < -0.39 is 0 Å². The molecule has 0 spiro atoms. The Hall–Kier alpha value is -4.82. The van der Waals surface area contributed by atoms with Gasteiger partial charge in [-0.3, -0.25) is 0 Å². The highest BCUT2D eigenvalue weighted by molar-refractivity contribution is 6.91. The fourth-order valence-electron chi connectivity index (χ4n) is 6.70. The molecule has 0 bridgehead atoms. The van der Waals surface area contributed by atoms with Gasteiger partial charge in [0.05, 0.1) is 0 Å². The molecule has 0 aliphatic carbocycles. The summed E-state index contributed by atoms with van der Waals surface area (Å²) in [6.45, 7) is 6.84. The Labute approximate surface area is 243 Å². The first-order valence-corrected chi connectivity index (χ1v) is 14.4. The summed E-state index contributed by atoms with van der Waals surface area (Å²) >= 11 is 0. The number of hydrogen-bond acceptors (Lipinski definition) is 1. The molecule has 6 aromatic rings. The van der Waals surface area contributed by atoms with E-state index >= 15 is 0 Å². The lowest BCUT2D eigenvalue weighted by atomic mass is 9.43. The highest BCUT2D eigenvalue weighted by Crippen LogP contribution is 2.45. The van der Waals surface area contributed by atoms with E-state index in [0.717, 1.165) is 0 Å². The average Bonchev–Trinajstić information content (AvgIpc) is 3.02. The summed E-state index contributed by atoms with van der Waals surface area (Å²) in [6, 6.07) is 50.8. The van der Waals surface area contributed by atoms with Gasteiger partial charge in [-0.05, 0) is 94.9 Å². The van der Waals surface area contributed by atoms with Crippen LogP contribution in [0.4, 0.5) is 11.4 Å². The van der Waals surface area contributed by atoms with Crippen molar-refractivity contribution in [2.24, 2.45) is 0 Å². The van der Waals surface area contributed by atoms with Crippen molar-refractivity contribution in [2.75, 3.05) is 4.81 Å². The highest BCUT2D eigenvalue weighted by Gasteiger charge is 2.40. The number of fused-ring (bicyclic) bond motifs is 3. The van der Waals surface area contributed by atoms with Gasteiger partial charge in [0.1, 0.15) is 0 Å². The number of para-hydroxylation sites is 2. The van der Waals surface area contributed by atoms with Gasteiger partial charge in [-0.15, -0.1) is 0 Å². The second-order valence-electron chi connectivity index (χ2n) is 11.0. The molecule has 0 fully saturated rings. The molecule has 0 saturated carbocycles. The minimum absolute atomic E-state index is 0.0242. The van der Waals surface area contributed by atoms with Crippen molar-refractivity contribution in [3.05, 3.63) is 156 Å². The van der Waals surface area contributed by atoms with E-state index in [4.69, 9.17) is 0 Å². The standard InChI is InChI=1S/C39H32BN/c1-27-16-10-12-22-32(27)38-29(3)39-35(26-34(38)30-18-6-4-7-19-30)33-23-13-15-25-37(33)41(31-20-8-5-9-21-31)40(39)36-24-14-11-17-28(36)2/h4-26H,1-3H3. The molecule has 6 aromatic carbocycles. The zero-order valence-corrected chi connectivity index (χ0v) is 23.8. The summed E-state index contributed by atoms with van der Waals surface area (Å²) < 4.78 is 0. The molecule has 0 unspecified atom stereocenters. The number of rotatable bonds is 4. The van der Waals surface area contributed by atoms with Crippen LogP contribution in [0.2, 0.25) is 0 Å². The maximum atomic E-state index is 2.55. The highest BCUT2D eigenvalue weighted by atomic mass is 15.1. The Kier molecular flexibility index (Phi) is 6.32. The largest absolute Gasteiger partial charge is 0.376 e. The third-order valence-corrected chi connectivity index (χ3v) is 8.63. The molecule has 0 amide bonds. The third-order valence-electron chi connectivity index (χ3n) is 8.63. The van der Waals surface area contributed by atoms with Crippen molar-refractivity contribution < 1.29 is 0 Å². The molecule has 0 aromatic heterocycles. The summed E-state index contributed by atoms with van der Waals surface area (Å²) in [7, 11) is 0. The topological polar surface area (TPSA) is 3.24 Å². The van der Waals surface area contributed by atoms with Crippen LogP contribution < -0.4 is 15.7 Å². The van der Waals surface area contributed by atoms with Gasteiger partial charge < -0.3 is 4.81 Å². The molecule has 0 radical (unpaired) electrons. The Morgan fingerprint density at radius 1 is 0.488 bits per heavy atom. The lowest BCUT2D eigenvalue weighted by molar-refractivity contribution is 1.34. The smallest absolute Gasteiger partial charge is 0.329 e. The first-order chi connectivity index (χ1) is 20.1. The van der Waals surface area contributed by atoms with Crippen LogP contribution in [-0.2, 0) is 0 Å². The normalized spacial score (nSPS) is 12.2. The maximum Gasteiger partial charge on any atom is 0.329 e. The van der Waals surface area contributed by atoms with Gasteiger partial charge in [0.2, 0.25) is 0 Å². The van der Waals surface area contributed by atoms with Crippen molar-refractivity contribution in [2.45, 2.75) is 20.8 Å². The lowest BCUT2D eigenvalue weighted by Crippen LogP contribution is -2.59. The van der Waals surface area contributed by atoms with E-state index in [-0.39, 0.29) is 6.85 Å². The Morgan fingerprint density at radius 2 is 1.07 bits per heavy atom. The maximum absolute atomic E-state index is 2.55. The van der Waals surface area contributed by atoms with Crippen LogP contribution in [0.15, 0.2) is 140 Å². The summed E-state index contributed by atoms with van der Waals surface area (Å²) in [5, 5.41) is 0. The van der Waals surface area contributed by atoms with Crippen LogP contribution in [-0.4, -0.2) is 6.85 Å². The van der Waals surface area contributed by atoms with Crippen LogP contribution in [0.25, 0.3) is 33.4 Å². The molecule has 196 valence electrons. The molecule has 1 aliphatic rings. The summed E-state index contributed by atoms with van der Waals surface area (Å²) in [4.78, 5) is 2.55. The first kappa shape index (κ1) is 25.2. The molecule has 41 heavy (non-hydrogen) atoms. The monoisotopic (exact) mass is 525 g/mol. The molecular weight excluding hydrogens is 493 g/mol. The fourth-order valence-corrected chi connectivity index (χ4v) is 6.70. The minimum Gasteiger partial charge on any atom is -0.376 e.